The number of benzene rings is 8. The first-order valence-corrected chi connectivity index (χ1v) is 16.1. The second-order valence-electron chi connectivity index (χ2n) is 12.6. The van der Waals surface area contributed by atoms with Gasteiger partial charge in [0.2, 0.25) is 0 Å². The number of para-hydroxylation sites is 1. The highest BCUT2D eigenvalue weighted by Crippen LogP contribution is 2.64. The van der Waals surface area contributed by atoms with E-state index in [4.69, 9.17) is 0 Å². The molecule has 0 saturated carbocycles. The fraction of sp³-hybridized carbons (Fsp3) is 0.0222. The SMILES string of the molecule is Fc1cccc(N(c2ccccc2)c2ccc3cc4c(cc3c2)C2(c3ccccc3-c3ccccc32)c2ccc3ccccc3c2-4)c1. The van der Waals surface area contributed by atoms with Gasteiger partial charge in [0.25, 0.3) is 0 Å². The van der Waals surface area contributed by atoms with Gasteiger partial charge in [-0.25, -0.2) is 4.39 Å². The van der Waals surface area contributed by atoms with Crippen LogP contribution in [0.5, 0.6) is 0 Å². The first-order valence-electron chi connectivity index (χ1n) is 16.1. The van der Waals surface area contributed by atoms with Crippen molar-refractivity contribution in [3.63, 3.8) is 0 Å². The number of hydrogen-bond acceptors (Lipinski definition) is 1. The lowest BCUT2D eigenvalue weighted by molar-refractivity contribution is 0.628. The first-order chi connectivity index (χ1) is 23.2. The molecule has 0 N–H and O–H groups in total. The molecular weight excluding hydrogens is 574 g/mol. The zero-order valence-electron chi connectivity index (χ0n) is 25.5. The van der Waals surface area contributed by atoms with E-state index >= 15 is 0 Å². The van der Waals surface area contributed by atoms with Crippen molar-refractivity contribution in [2.75, 3.05) is 4.90 Å². The molecule has 0 radical (unpaired) electrons. The number of rotatable bonds is 3. The van der Waals surface area contributed by atoms with Crippen molar-refractivity contribution >= 4 is 38.6 Å². The number of halogens is 1. The molecule has 220 valence electrons. The molecule has 2 aliphatic rings. The summed E-state index contributed by atoms with van der Waals surface area (Å²) in [5.74, 6) is -0.257. The van der Waals surface area contributed by atoms with Gasteiger partial charge in [-0.15, -0.1) is 0 Å². The molecule has 0 fully saturated rings. The third-order valence-electron chi connectivity index (χ3n) is 10.3. The third kappa shape index (κ3) is 3.58. The lowest BCUT2D eigenvalue weighted by Gasteiger charge is -2.31. The summed E-state index contributed by atoms with van der Waals surface area (Å²) >= 11 is 0. The van der Waals surface area contributed by atoms with Gasteiger partial charge in [0, 0.05) is 17.1 Å². The maximum absolute atomic E-state index is 14.6. The topological polar surface area (TPSA) is 3.24 Å². The van der Waals surface area contributed by atoms with Crippen molar-refractivity contribution in [1.29, 1.82) is 0 Å². The summed E-state index contributed by atoms with van der Waals surface area (Å²) in [5, 5.41) is 4.85. The molecule has 0 aromatic heterocycles. The Hall–Kier alpha value is -5.99. The van der Waals surface area contributed by atoms with E-state index in [0.29, 0.717) is 0 Å². The summed E-state index contributed by atoms with van der Waals surface area (Å²) in [6.45, 7) is 0. The first kappa shape index (κ1) is 26.2. The van der Waals surface area contributed by atoms with Crippen molar-refractivity contribution in [2.24, 2.45) is 0 Å². The molecule has 0 unspecified atom stereocenters. The van der Waals surface area contributed by atoms with Gasteiger partial charge in [0.15, 0.2) is 0 Å². The summed E-state index contributed by atoms with van der Waals surface area (Å²) in [7, 11) is 0. The van der Waals surface area contributed by atoms with E-state index in [0.717, 1.165) is 22.4 Å². The lowest BCUT2D eigenvalue weighted by atomic mass is 9.70. The van der Waals surface area contributed by atoms with Crippen molar-refractivity contribution in [2.45, 2.75) is 5.41 Å². The second-order valence-corrected chi connectivity index (χ2v) is 12.6. The summed E-state index contributed by atoms with van der Waals surface area (Å²) in [6.07, 6.45) is 0. The normalized spacial score (nSPS) is 13.4. The van der Waals surface area contributed by atoms with Gasteiger partial charge in [0.05, 0.1) is 5.41 Å². The molecule has 0 saturated heterocycles. The molecule has 2 aliphatic carbocycles. The van der Waals surface area contributed by atoms with Gasteiger partial charge in [-0.1, -0.05) is 115 Å². The van der Waals surface area contributed by atoms with E-state index in [-0.39, 0.29) is 5.82 Å². The van der Waals surface area contributed by atoms with Crippen molar-refractivity contribution < 1.29 is 4.39 Å². The quantitative estimate of drug-likeness (QED) is 0.195. The van der Waals surface area contributed by atoms with Gasteiger partial charge >= 0.3 is 0 Å². The van der Waals surface area contributed by atoms with Crippen LogP contribution in [0.4, 0.5) is 21.5 Å². The van der Waals surface area contributed by atoms with Crippen LogP contribution in [0.25, 0.3) is 43.8 Å². The maximum Gasteiger partial charge on any atom is 0.125 e. The van der Waals surface area contributed by atoms with Gasteiger partial charge in [-0.3, -0.25) is 0 Å². The zero-order chi connectivity index (χ0) is 31.1. The minimum atomic E-state index is -0.437. The molecule has 8 aromatic carbocycles. The van der Waals surface area contributed by atoms with Crippen molar-refractivity contribution in [3.05, 3.63) is 198 Å². The Bertz CT molecular complexity index is 2500. The monoisotopic (exact) mass is 601 g/mol. The van der Waals surface area contributed by atoms with E-state index in [2.05, 4.69) is 132 Å². The summed E-state index contributed by atoms with van der Waals surface area (Å²) < 4.78 is 14.6. The third-order valence-corrected chi connectivity index (χ3v) is 10.3. The van der Waals surface area contributed by atoms with Gasteiger partial charge in [-0.05, 0) is 121 Å². The van der Waals surface area contributed by atoms with E-state index < -0.39 is 5.41 Å². The van der Waals surface area contributed by atoms with E-state index in [1.807, 2.05) is 24.3 Å². The number of anilines is 3. The van der Waals surface area contributed by atoms with Crippen LogP contribution >= 0.6 is 0 Å². The molecule has 0 bridgehead atoms. The van der Waals surface area contributed by atoms with Crippen LogP contribution in [0.2, 0.25) is 0 Å². The molecule has 0 atom stereocenters. The highest BCUT2D eigenvalue weighted by molar-refractivity contribution is 6.08. The highest BCUT2D eigenvalue weighted by Gasteiger charge is 2.52. The fourth-order valence-corrected chi connectivity index (χ4v) is 8.42. The minimum Gasteiger partial charge on any atom is -0.310 e. The van der Waals surface area contributed by atoms with Crippen molar-refractivity contribution in [3.8, 4) is 22.3 Å². The van der Waals surface area contributed by atoms with Gasteiger partial charge in [-0.2, -0.15) is 0 Å². The molecule has 2 heteroatoms. The van der Waals surface area contributed by atoms with Crippen molar-refractivity contribution in [1.82, 2.24) is 0 Å². The average molecular weight is 602 g/mol. The molecule has 1 spiro atoms. The fourth-order valence-electron chi connectivity index (χ4n) is 8.42. The van der Waals surface area contributed by atoms with Gasteiger partial charge in [0.1, 0.15) is 5.82 Å². The van der Waals surface area contributed by atoms with E-state index in [1.165, 1.54) is 66.7 Å². The number of fused-ring (bicyclic) bond motifs is 13. The molecule has 0 amide bonds. The Morgan fingerprint density at radius 2 is 1.04 bits per heavy atom. The molecular formula is C45H28FN. The average Bonchev–Trinajstić information content (AvgIpc) is 3.58. The van der Waals surface area contributed by atoms with Crippen LogP contribution in [-0.4, -0.2) is 0 Å². The smallest absolute Gasteiger partial charge is 0.125 e. The summed E-state index contributed by atoms with van der Waals surface area (Å²) in [6, 6.07) is 59.8. The minimum absolute atomic E-state index is 0.257. The zero-order valence-corrected chi connectivity index (χ0v) is 25.5. The van der Waals surface area contributed by atoms with Crippen LogP contribution in [0, 0.1) is 5.82 Å². The van der Waals surface area contributed by atoms with Gasteiger partial charge < -0.3 is 4.90 Å². The molecule has 10 rings (SSSR count). The van der Waals surface area contributed by atoms with Crippen LogP contribution in [0.15, 0.2) is 170 Å². The van der Waals surface area contributed by atoms with E-state index in [1.54, 1.807) is 12.1 Å². The summed E-state index contributed by atoms with van der Waals surface area (Å²) in [5.41, 5.74) is 12.8. The second kappa shape index (κ2) is 9.75. The molecule has 0 aliphatic heterocycles. The standard InChI is InChI=1S/C45H28FN/c46-32-12-10-15-34(28-32)47(33-13-2-1-3-14-33)35-23-21-30-26-39-43(27-31(30)25-35)45(42-24-22-29-11-4-5-16-36(29)44(39)42)40-19-8-6-17-37(40)38-18-7-9-20-41(38)45/h1-28H. The largest absolute Gasteiger partial charge is 0.310 e. The molecule has 0 heterocycles. The predicted molar refractivity (Wildman–Crippen MR) is 192 cm³/mol. The Kier molecular flexibility index (Phi) is 5.45. The van der Waals surface area contributed by atoms with Crippen LogP contribution in [-0.2, 0) is 5.41 Å². The molecule has 1 nitrogen and oxygen atoms in total. The maximum atomic E-state index is 14.6. The predicted octanol–water partition coefficient (Wildman–Crippen LogP) is 11.9. The van der Waals surface area contributed by atoms with Crippen LogP contribution in [0.3, 0.4) is 0 Å². The van der Waals surface area contributed by atoms with Crippen LogP contribution in [0.1, 0.15) is 22.3 Å². The number of nitrogens with zero attached hydrogens (tertiary/aromatic N) is 1. The van der Waals surface area contributed by atoms with Crippen LogP contribution < -0.4 is 4.90 Å². The van der Waals surface area contributed by atoms with E-state index in [9.17, 15) is 4.39 Å². The highest BCUT2D eigenvalue weighted by atomic mass is 19.1. The Morgan fingerprint density at radius 3 is 1.83 bits per heavy atom. The molecule has 8 aromatic rings. The molecule has 47 heavy (non-hydrogen) atoms. The number of hydrogen-bond donors (Lipinski definition) is 0. The Labute approximate surface area is 272 Å². The Morgan fingerprint density at radius 1 is 0.383 bits per heavy atom. The Balaban J connectivity index is 1.29. The summed E-state index contributed by atoms with van der Waals surface area (Å²) in [4.78, 5) is 2.13. The lowest BCUT2D eigenvalue weighted by Crippen LogP contribution is -2.25.